The molecular formula is C15H18BrNO4S. The maximum Gasteiger partial charge on any atom is 0.326 e. The van der Waals surface area contributed by atoms with E-state index >= 15 is 0 Å². The molecule has 1 saturated carbocycles. The Bertz CT molecular complexity index is 571. The van der Waals surface area contributed by atoms with Crippen molar-refractivity contribution in [3.05, 3.63) is 28.7 Å². The van der Waals surface area contributed by atoms with E-state index in [1.54, 1.807) is 12.1 Å². The first kappa shape index (κ1) is 17.1. The fourth-order valence-corrected chi connectivity index (χ4v) is 3.47. The second-order valence-electron chi connectivity index (χ2n) is 5.33. The Balaban J connectivity index is 1.73. The smallest absolute Gasteiger partial charge is 0.326 e. The Morgan fingerprint density at radius 3 is 2.50 bits per heavy atom. The molecular weight excluding hydrogens is 370 g/mol. The number of amides is 1. The zero-order valence-corrected chi connectivity index (χ0v) is 14.4. The van der Waals surface area contributed by atoms with Gasteiger partial charge in [-0.3, -0.25) is 9.00 Å². The van der Waals surface area contributed by atoms with Crippen molar-refractivity contribution < 1.29 is 18.9 Å². The summed E-state index contributed by atoms with van der Waals surface area (Å²) < 4.78 is 13.0. The Labute approximate surface area is 140 Å². The fraction of sp³-hybridized carbons (Fsp3) is 0.467. The number of benzene rings is 1. The summed E-state index contributed by atoms with van der Waals surface area (Å²) in [5.74, 6) is -0.810. The van der Waals surface area contributed by atoms with Crippen molar-refractivity contribution in [2.75, 3.05) is 5.75 Å². The average molecular weight is 388 g/mol. The number of carboxylic acids is 1. The SMILES string of the molecule is O=C(CCCS(=O)c1ccc(Br)cc1)NC(C(=O)O)C1CC1. The van der Waals surface area contributed by atoms with Gasteiger partial charge in [0.1, 0.15) is 6.04 Å². The maximum absolute atomic E-state index is 12.1. The second kappa shape index (κ2) is 7.87. The Kier molecular flexibility index (Phi) is 6.14. The molecule has 0 aromatic heterocycles. The predicted octanol–water partition coefficient (Wildman–Crippen LogP) is 2.32. The van der Waals surface area contributed by atoms with Crippen LogP contribution in [0.25, 0.3) is 0 Å². The van der Waals surface area contributed by atoms with Crippen LogP contribution in [0.2, 0.25) is 0 Å². The van der Waals surface area contributed by atoms with Crippen molar-refractivity contribution >= 4 is 38.6 Å². The summed E-state index contributed by atoms with van der Waals surface area (Å²) in [4.78, 5) is 23.5. The van der Waals surface area contributed by atoms with Gasteiger partial charge in [-0.1, -0.05) is 15.9 Å². The van der Waals surface area contributed by atoms with E-state index in [0.717, 1.165) is 22.2 Å². The summed E-state index contributed by atoms with van der Waals surface area (Å²) in [6.07, 6.45) is 2.36. The lowest BCUT2D eigenvalue weighted by atomic mass is 10.2. The molecule has 1 aromatic carbocycles. The van der Waals surface area contributed by atoms with Crippen molar-refractivity contribution in [1.82, 2.24) is 5.32 Å². The Morgan fingerprint density at radius 2 is 1.95 bits per heavy atom. The minimum atomic E-state index is -1.14. The highest BCUT2D eigenvalue weighted by Gasteiger charge is 2.37. The monoisotopic (exact) mass is 387 g/mol. The lowest BCUT2D eigenvalue weighted by Crippen LogP contribution is -2.42. The quantitative estimate of drug-likeness (QED) is 0.716. The number of aliphatic carboxylic acids is 1. The standard InChI is InChI=1S/C15H18BrNO4S/c16-11-5-7-12(8-6-11)22(21)9-1-2-13(18)17-14(15(19)20)10-3-4-10/h5-8,10,14H,1-4,9H2,(H,17,18)(H,19,20). The minimum Gasteiger partial charge on any atom is -0.480 e. The lowest BCUT2D eigenvalue weighted by Gasteiger charge is -2.13. The van der Waals surface area contributed by atoms with Crippen LogP contribution < -0.4 is 5.32 Å². The molecule has 0 bridgehead atoms. The molecule has 1 aromatic rings. The molecule has 2 atom stereocenters. The molecule has 0 spiro atoms. The summed E-state index contributed by atoms with van der Waals surface area (Å²) >= 11 is 3.32. The Hall–Kier alpha value is -1.21. The van der Waals surface area contributed by atoms with Crippen molar-refractivity contribution in [1.29, 1.82) is 0 Å². The van der Waals surface area contributed by atoms with Gasteiger partial charge < -0.3 is 10.4 Å². The second-order valence-corrected chi connectivity index (χ2v) is 7.81. The Morgan fingerprint density at radius 1 is 1.32 bits per heavy atom. The number of hydrogen-bond acceptors (Lipinski definition) is 3. The summed E-state index contributed by atoms with van der Waals surface area (Å²) in [6.45, 7) is 0. The number of rotatable bonds is 8. The van der Waals surface area contributed by atoms with E-state index in [4.69, 9.17) is 5.11 Å². The van der Waals surface area contributed by atoms with Crippen LogP contribution in [-0.2, 0) is 20.4 Å². The number of carboxylic acid groups (broad SMARTS) is 1. The van der Waals surface area contributed by atoms with Crippen LogP contribution in [0, 0.1) is 5.92 Å². The number of hydrogen-bond donors (Lipinski definition) is 2. The highest BCUT2D eigenvalue weighted by Crippen LogP contribution is 2.32. The number of halogens is 1. The normalized spacial score (nSPS) is 16.8. The van der Waals surface area contributed by atoms with E-state index in [2.05, 4.69) is 21.2 Å². The van der Waals surface area contributed by atoms with Crippen LogP contribution >= 0.6 is 15.9 Å². The van der Waals surface area contributed by atoms with Gasteiger partial charge in [0, 0.05) is 21.5 Å². The van der Waals surface area contributed by atoms with E-state index in [1.807, 2.05) is 12.1 Å². The van der Waals surface area contributed by atoms with E-state index in [1.165, 1.54) is 0 Å². The average Bonchev–Trinajstić information content (AvgIpc) is 3.29. The number of nitrogens with one attached hydrogen (secondary N) is 1. The van der Waals surface area contributed by atoms with Crippen molar-refractivity contribution in [2.45, 2.75) is 36.6 Å². The van der Waals surface area contributed by atoms with E-state index < -0.39 is 22.8 Å². The summed E-state index contributed by atoms with van der Waals surface area (Å²) in [5, 5.41) is 11.6. The molecule has 1 aliphatic carbocycles. The highest BCUT2D eigenvalue weighted by molar-refractivity contribution is 9.10. The molecule has 0 aliphatic heterocycles. The zero-order valence-electron chi connectivity index (χ0n) is 12.0. The van der Waals surface area contributed by atoms with E-state index in [9.17, 15) is 13.8 Å². The van der Waals surface area contributed by atoms with Crippen molar-refractivity contribution in [3.8, 4) is 0 Å². The summed E-state index contributed by atoms with van der Waals surface area (Å²) in [5.41, 5.74) is 0. The predicted molar refractivity (Wildman–Crippen MR) is 86.9 cm³/mol. The molecule has 0 saturated heterocycles. The van der Waals surface area contributed by atoms with Gasteiger partial charge in [-0.25, -0.2) is 4.79 Å². The van der Waals surface area contributed by atoms with Gasteiger partial charge in [-0.2, -0.15) is 0 Å². The van der Waals surface area contributed by atoms with Crippen LogP contribution in [-0.4, -0.2) is 33.0 Å². The molecule has 1 fully saturated rings. The van der Waals surface area contributed by atoms with Gasteiger partial charge in [0.25, 0.3) is 0 Å². The summed E-state index contributed by atoms with van der Waals surface area (Å²) in [7, 11) is -1.14. The van der Waals surface area contributed by atoms with Crippen LogP contribution in [0.15, 0.2) is 33.6 Å². The first-order chi connectivity index (χ1) is 10.5. The van der Waals surface area contributed by atoms with Gasteiger partial charge >= 0.3 is 5.97 Å². The first-order valence-electron chi connectivity index (χ1n) is 7.13. The van der Waals surface area contributed by atoms with Crippen LogP contribution in [0.3, 0.4) is 0 Å². The zero-order chi connectivity index (χ0) is 16.1. The molecule has 1 aliphatic rings. The van der Waals surface area contributed by atoms with Crippen molar-refractivity contribution in [3.63, 3.8) is 0 Å². The third-order valence-electron chi connectivity index (χ3n) is 3.49. The first-order valence-corrected chi connectivity index (χ1v) is 9.24. The fourth-order valence-electron chi connectivity index (χ4n) is 2.12. The van der Waals surface area contributed by atoms with Gasteiger partial charge in [0.2, 0.25) is 5.91 Å². The van der Waals surface area contributed by atoms with Gasteiger partial charge in [0.05, 0.1) is 10.8 Å². The molecule has 22 heavy (non-hydrogen) atoms. The molecule has 2 N–H and O–H groups in total. The molecule has 0 heterocycles. The van der Waals surface area contributed by atoms with Crippen molar-refractivity contribution in [2.24, 2.45) is 5.92 Å². The van der Waals surface area contributed by atoms with Gasteiger partial charge in [-0.15, -0.1) is 0 Å². The van der Waals surface area contributed by atoms with Gasteiger partial charge in [0.15, 0.2) is 0 Å². The van der Waals surface area contributed by atoms with Crippen LogP contribution in [0.5, 0.6) is 0 Å². The number of carbonyl (C=O) groups excluding carboxylic acids is 1. The molecule has 5 nitrogen and oxygen atoms in total. The molecule has 0 radical (unpaired) electrons. The van der Waals surface area contributed by atoms with E-state index in [0.29, 0.717) is 12.2 Å². The van der Waals surface area contributed by atoms with E-state index in [-0.39, 0.29) is 18.2 Å². The minimum absolute atomic E-state index is 0.0679. The molecule has 2 rings (SSSR count). The largest absolute Gasteiger partial charge is 0.480 e. The maximum atomic E-state index is 12.1. The number of carbonyl (C=O) groups is 2. The highest BCUT2D eigenvalue weighted by atomic mass is 79.9. The van der Waals surface area contributed by atoms with Crippen LogP contribution in [0.4, 0.5) is 0 Å². The third kappa shape index (κ3) is 5.21. The van der Waals surface area contributed by atoms with Crippen LogP contribution in [0.1, 0.15) is 25.7 Å². The molecule has 1 amide bonds. The lowest BCUT2D eigenvalue weighted by molar-refractivity contribution is -0.142. The topological polar surface area (TPSA) is 83.5 Å². The molecule has 2 unspecified atom stereocenters. The van der Waals surface area contributed by atoms with Gasteiger partial charge in [-0.05, 0) is 49.4 Å². The molecule has 120 valence electrons. The third-order valence-corrected chi connectivity index (χ3v) is 5.47. The summed E-state index contributed by atoms with van der Waals surface area (Å²) in [6, 6.07) is 6.45. The molecule has 7 heteroatoms.